The molecule has 2 atom stereocenters. The summed E-state index contributed by atoms with van der Waals surface area (Å²) in [6.45, 7) is 1.90. The Balaban J connectivity index is 2.08. The van der Waals surface area contributed by atoms with E-state index in [2.05, 4.69) is 5.32 Å². The second kappa shape index (κ2) is 4.14. The number of benzene rings is 1. The van der Waals surface area contributed by atoms with Gasteiger partial charge < -0.3 is 4.74 Å². The van der Waals surface area contributed by atoms with Gasteiger partial charge in [-0.1, -0.05) is 18.2 Å². The third kappa shape index (κ3) is 2.09. The number of nitrogens with one attached hydrogen (secondary N) is 1. The SMILES string of the molecule is CC(NC1COc2ccccc21)C(F)F. The highest BCUT2D eigenvalue weighted by atomic mass is 19.3. The lowest BCUT2D eigenvalue weighted by atomic mass is 10.1. The molecular weight excluding hydrogens is 200 g/mol. The minimum absolute atomic E-state index is 0.120. The molecule has 0 spiro atoms. The van der Waals surface area contributed by atoms with Crippen LogP contribution in [-0.4, -0.2) is 19.1 Å². The van der Waals surface area contributed by atoms with E-state index in [0.29, 0.717) is 6.61 Å². The van der Waals surface area contributed by atoms with E-state index in [1.54, 1.807) is 0 Å². The van der Waals surface area contributed by atoms with Crippen molar-refractivity contribution in [2.45, 2.75) is 25.4 Å². The van der Waals surface area contributed by atoms with Crippen molar-refractivity contribution >= 4 is 0 Å². The van der Waals surface area contributed by atoms with Crippen molar-refractivity contribution < 1.29 is 13.5 Å². The number of halogens is 2. The number of para-hydroxylation sites is 1. The number of fused-ring (bicyclic) bond motifs is 1. The second-order valence-electron chi connectivity index (χ2n) is 3.69. The molecule has 0 fully saturated rings. The van der Waals surface area contributed by atoms with E-state index >= 15 is 0 Å². The summed E-state index contributed by atoms with van der Waals surface area (Å²) in [4.78, 5) is 0. The Morgan fingerprint density at radius 2 is 2.13 bits per heavy atom. The van der Waals surface area contributed by atoms with Gasteiger partial charge >= 0.3 is 0 Å². The van der Waals surface area contributed by atoms with Gasteiger partial charge in [0.1, 0.15) is 12.4 Å². The van der Waals surface area contributed by atoms with Crippen LogP contribution in [0.25, 0.3) is 0 Å². The summed E-state index contributed by atoms with van der Waals surface area (Å²) >= 11 is 0. The largest absolute Gasteiger partial charge is 0.491 e. The summed E-state index contributed by atoms with van der Waals surface area (Å²) in [5.41, 5.74) is 0.963. The highest BCUT2D eigenvalue weighted by molar-refractivity contribution is 5.39. The Morgan fingerprint density at radius 1 is 1.40 bits per heavy atom. The van der Waals surface area contributed by atoms with Crippen molar-refractivity contribution in [1.82, 2.24) is 5.32 Å². The van der Waals surface area contributed by atoms with Crippen molar-refractivity contribution in [3.8, 4) is 5.75 Å². The average molecular weight is 213 g/mol. The van der Waals surface area contributed by atoms with E-state index in [-0.39, 0.29) is 6.04 Å². The molecule has 1 aliphatic heterocycles. The van der Waals surface area contributed by atoms with Gasteiger partial charge in [0.15, 0.2) is 0 Å². The first-order valence-corrected chi connectivity index (χ1v) is 4.94. The smallest absolute Gasteiger partial charge is 0.253 e. The maximum Gasteiger partial charge on any atom is 0.253 e. The first-order chi connectivity index (χ1) is 7.18. The normalized spacial score (nSPS) is 21.2. The fraction of sp³-hybridized carbons (Fsp3) is 0.455. The van der Waals surface area contributed by atoms with Crippen LogP contribution in [0.2, 0.25) is 0 Å². The first kappa shape index (κ1) is 10.4. The van der Waals surface area contributed by atoms with Crippen molar-refractivity contribution in [2.75, 3.05) is 6.61 Å². The number of hydrogen-bond donors (Lipinski definition) is 1. The van der Waals surface area contributed by atoms with Gasteiger partial charge in [-0.3, -0.25) is 5.32 Å². The lowest BCUT2D eigenvalue weighted by Crippen LogP contribution is -2.36. The summed E-state index contributed by atoms with van der Waals surface area (Å²) < 4.78 is 30.1. The standard InChI is InChI=1S/C11H13F2NO/c1-7(11(12)13)14-9-6-15-10-5-3-2-4-8(9)10/h2-5,7,9,11,14H,6H2,1H3. The Morgan fingerprint density at radius 3 is 2.87 bits per heavy atom. The third-order valence-electron chi connectivity index (χ3n) is 2.54. The molecule has 1 aromatic rings. The van der Waals surface area contributed by atoms with E-state index in [1.165, 1.54) is 6.92 Å². The molecule has 0 saturated heterocycles. The van der Waals surface area contributed by atoms with E-state index in [1.807, 2.05) is 24.3 Å². The molecule has 0 bridgehead atoms. The second-order valence-corrected chi connectivity index (χ2v) is 3.69. The van der Waals surface area contributed by atoms with Gasteiger partial charge in [-0.15, -0.1) is 0 Å². The summed E-state index contributed by atoms with van der Waals surface area (Å²) in [5, 5.41) is 2.86. The van der Waals surface area contributed by atoms with Crippen molar-refractivity contribution in [3.63, 3.8) is 0 Å². The summed E-state index contributed by atoms with van der Waals surface area (Å²) in [6, 6.07) is 6.57. The molecule has 2 unspecified atom stereocenters. The van der Waals surface area contributed by atoms with E-state index in [9.17, 15) is 8.78 Å². The number of rotatable bonds is 3. The molecular formula is C11H13F2NO. The molecule has 82 valence electrons. The minimum Gasteiger partial charge on any atom is -0.491 e. The van der Waals surface area contributed by atoms with Crippen LogP contribution in [0.15, 0.2) is 24.3 Å². The zero-order valence-electron chi connectivity index (χ0n) is 8.41. The van der Waals surface area contributed by atoms with Crippen LogP contribution in [0, 0.1) is 0 Å². The quantitative estimate of drug-likeness (QED) is 0.832. The minimum atomic E-state index is -2.35. The zero-order valence-corrected chi connectivity index (χ0v) is 8.41. The van der Waals surface area contributed by atoms with Crippen LogP contribution in [0.3, 0.4) is 0 Å². The first-order valence-electron chi connectivity index (χ1n) is 4.94. The predicted octanol–water partition coefficient (Wildman–Crippen LogP) is 2.36. The predicted molar refractivity (Wildman–Crippen MR) is 53.3 cm³/mol. The van der Waals surface area contributed by atoms with Crippen molar-refractivity contribution in [3.05, 3.63) is 29.8 Å². The third-order valence-corrected chi connectivity index (χ3v) is 2.54. The fourth-order valence-corrected chi connectivity index (χ4v) is 1.69. The number of ether oxygens (including phenoxy) is 1. The average Bonchev–Trinajstić information content (AvgIpc) is 2.62. The van der Waals surface area contributed by atoms with E-state index in [4.69, 9.17) is 4.74 Å². The Kier molecular flexibility index (Phi) is 2.86. The van der Waals surface area contributed by atoms with Gasteiger partial charge in [-0.05, 0) is 13.0 Å². The molecule has 0 saturated carbocycles. The maximum absolute atomic E-state index is 12.4. The molecule has 0 radical (unpaired) electrons. The summed E-state index contributed by atoms with van der Waals surface area (Å²) in [5.74, 6) is 0.788. The van der Waals surface area contributed by atoms with Crippen LogP contribution < -0.4 is 10.1 Å². The molecule has 2 nitrogen and oxygen atoms in total. The summed E-state index contributed by atoms with van der Waals surface area (Å²) in [7, 11) is 0. The van der Waals surface area contributed by atoms with Gasteiger partial charge in [0.2, 0.25) is 0 Å². The Labute approximate surface area is 87.2 Å². The highest BCUT2D eigenvalue weighted by Crippen LogP contribution is 2.32. The van der Waals surface area contributed by atoms with Gasteiger partial charge in [0.05, 0.1) is 12.1 Å². The van der Waals surface area contributed by atoms with Gasteiger partial charge in [0.25, 0.3) is 6.43 Å². The molecule has 4 heteroatoms. The van der Waals surface area contributed by atoms with Gasteiger partial charge in [-0.25, -0.2) is 8.78 Å². The molecule has 0 aliphatic carbocycles. The molecule has 1 aliphatic rings. The van der Waals surface area contributed by atoms with E-state index < -0.39 is 12.5 Å². The maximum atomic E-state index is 12.4. The fourth-order valence-electron chi connectivity index (χ4n) is 1.69. The molecule has 1 aromatic carbocycles. The van der Waals surface area contributed by atoms with Crippen molar-refractivity contribution in [1.29, 1.82) is 0 Å². The summed E-state index contributed by atoms with van der Waals surface area (Å²) in [6.07, 6.45) is -2.35. The van der Waals surface area contributed by atoms with E-state index in [0.717, 1.165) is 11.3 Å². The molecule has 15 heavy (non-hydrogen) atoms. The monoisotopic (exact) mass is 213 g/mol. The van der Waals surface area contributed by atoms with Crippen LogP contribution in [-0.2, 0) is 0 Å². The Hall–Kier alpha value is -1.16. The molecule has 0 aromatic heterocycles. The van der Waals surface area contributed by atoms with Gasteiger partial charge in [-0.2, -0.15) is 0 Å². The van der Waals surface area contributed by atoms with Crippen LogP contribution >= 0.6 is 0 Å². The van der Waals surface area contributed by atoms with Gasteiger partial charge in [0, 0.05) is 5.56 Å². The Bertz CT molecular complexity index is 343. The van der Waals surface area contributed by atoms with Crippen LogP contribution in [0.1, 0.15) is 18.5 Å². The molecule has 0 amide bonds. The zero-order chi connectivity index (χ0) is 10.8. The lowest BCUT2D eigenvalue weighted by molar-refractivity contribution is 0.0976. The lowest BCUT2D eigenvalue weighted by Gasteiger charge is -2.17. The van der Waals surface area contributed by atoms with Crippen LogP contribution in [0.5, 0.6) is 5.75 Å². The van der Waals surface area contributed by atoms with Crippen LogP contribution in [0.4, 0.5) is 8.78 Å². The van der Waals surface area contributed by atoms with Crippen molar-refractivity contribution in [2.24, 2.45) is 0 Å². The molecule has 2 rings (SSSR count). The number of hydrogen-bond acceptors (Lipinski definition) is 2. The number of alkyl halides is 2. The molecule has 1 heterocycles. The molecule has 1 N–H and O–H groups in total. The topological polar surface area (TPSA) is 21.3 Å². The highest BCUT2D eigenvalue weighted by Gasteiger charge is 2.27.